The number of nitrogens with two attached hydrogens (primary N) is 2. The van der Waals surface area contributed by atoms with Gasteiger partial charge in [-0.2, -0.15) is 0 Å². The van der Waals surface area contributed by atoms with Crippen LogP contribution < -0.4 is 11.5 Å². The summed E-state index contributed by atoms with van der Waals surface area (Å²) in [6.07, 6.45) is 1.91. The molecular formula is C16H23N3OS. The van der Waals surface area contributed by atoms with E-state index in [1.54, 1.807) is 0 Å². The number of carbonyl (C=O) groups is 1. The molecule has 0 aliphatic carbocycles. The molecule has 1 heterocycles. The number of thiocarbonyl (C=S) groups is 1. The molecule has 1 amide bonds. The van der Waals surface area contributed by atoms with E-state index < -0.39 is 0 Å². The van der Waals surface area contributed by atoms with Crippen LogP contribution in [0.3, 0.4) is 0 Å². The number of likely N-dealkylation sites (tertiary alicyclic amines) is 1. The highest BCUT2D eigenvalue weighted by Crippen LogP contribution is 2.24. The minimum atomic E-state index is -0.188. The smallest absolute Gasteiger partial charge is 0.221 e. The van der Waals surface area contributed by atoms with Crippen molar-refractivity contribution in [2.24, 2.45) is 17.4 Å². The lowest BCUT2D eigenvalue weighted by Crippen LogP contribution is -2.45. The molecule has 114 valence electrons. The molecule has 5 heteroatoms. The topological polar surface area (TPSA) is 72.3 Å². The van der Waals surface area contributed by atoms with Crippen LogP contribution in [0.25, 0.3) is 0 Å². The Morgan fingerprint density at radius 1 is 1.38 bits per heavy atom. The second-order valence-electron chi connectivity index (χ2n) is 5.96. The first kappa shape index (κ1) is 15.9. The van der Waals surface area contributed by atoms with Crippen molar-refractivity contribution in [2.45, 2.75) is 39.3 Å². The number of primary amides is 1. The van der Waals surface area contributed by atoms with Gasteiger partial charge in [0.25, 0.3) is 0 Å². The molecule has 4 nitrogen and oxygen atoms in total. The molecule has 1 saturated heterocycles. The van der Waals surface area contributed by atoms with Crippen LogP contribution in [0.2, 0.25) is 0 Å². The van der Waals surface area contributed by atoms with Crippen LogP contribution in [0.4, 0.5) is 0 Å². The molecule has 1 aliphatic heterocycles. The fraction of sp³-hybridized carbons (Fsp3) is 0.500. The van der Waals surface area contributed by atoms with Crippen molar-refractivity contribution in [3.05, 3.63) is 34.9 Å². The summed E-state index contributed by atoms with van der Waals surface area (Å²) in [5.41, 5.74) is 14.4. The molecule has 21 heavy (non-hydrogen) atoms. The Kier molecular flexibility index (Phi) is 4.96. The normalized spacial score (nSPS) is 23.0. The molecule has 1 aromatic rings. The highest BCUT2D eigenvalue weighted by Gasteiger charge is 2.28. The van der Waals surface area contributed by atoms with Crippen LogP contribution in [-0.4, -0.2) is 28.4 Å². The maximum atomic E-state index is 11.4. The van der Waals surface area contributed by atoms with Gasteiger partial charge in [0.05, 0.1) is 5.92 Å². The standard InChI is InChI=1S/C16H23N3OS/c1-10-7-12(16(18)21)5-6-13(10)8-19-9-14(15(17)20)4-3-11(19)2/h5-7,11,14H,3-4,8-9H2,1-2H3,(H2,17,20)(H2,18,21). The van der Waals surface area contributed by atoms with Crippen molar-refractivity contribution >= 4 is 23.1 Å². The van der Waals surface area contributed by atoms with Gasteiger partial charge in [-0.25, -0.2) is 0 Å². The molecule has 1 aromatic carbocycles. The number of aryl methyl sites for hydroxylation is 1. The Hall–Kier alpha value is -1.46. The molecule has 0 spiro atoms. The fourth-order valence-electron chi connectivity index (χ4n) is 2.88. The number of hydrogen-bond acceptors (Lipinski definition) is 3. The van der Waals surface area contributed by atoms with E-state index in [0.717, 1.165) is 31.5 Å². The summed E-state index contributed by atoms with van der Waals surface area (Å²) in [7, 11) is 0. The number of hydrogen-bond donors (Lipinski definition) is 2. The molecule has 0 bridgehead atoms. The Labute approximate surface area is 131 Å². The van der Waals surface area contributed by atoms with Gasteiger partial charge in [-0.15, -0.1) is 0 Å². The number of amides is 1. The van der Waals surface area contributed by atoms with Gasteiger partial charge < -0.3 is 11.5 Å². The number of rotatable bonds is 4. The third-order valence-electron chi connectivity index (χ3n) is 4.41. The van der Waals surface area contributed by atoms with E-state index in [1.165, 1.54) is 11.1 Å². The van der Waals surface area contributed by atoms with Crippen molar-refractivity contribution < 1.29 is 4.79 Å². The molecule has 0 saturated carbocycles. The minimum absolute atomic E-state index is 0.0302. The predicted molar refractivity (Wildman–Crippen MR) is 88.9 cm³/mol. The highest BCUT2D eigenvalue weighted by atomic mass is 32.1. The molecule has 0 aromatic heterocycles. The lowest BCUT2D eigenvalue weighted by Gasteiger charge is -2.37. The molecule has 2 unspecified atom stereocenters. The number of piperidine rings is 1. The third kappa shape index (κ3) is 3.80. The van der Waals surface area contributed by atoms with Gasteiger partial charge in [0.15, 0.2) is 0 Å². The fourth-order valence-corrected chi connectivity index (χ4v) is 3.00. The molecule has 2 rings (SSSR count). The van der Waals surface area contributed by atoms with Crippen LogP contribution >= 0.6 is 12.2 Å². The first-order chi connectivity index (χ1) is 9.88. The Morgan fingerprint density at radius 2 is 2.10 bits per heavy atom. The minimum Gasteiger partial charge on any atom is -0.389 e. The average molecular weight is 305 g/mol. The van der Waals surface area contributed by atoms with Gasteiger partial charge in [-0.1, -0.05) is 24.4 Å². The lowest BCUT2D eigenvalue weighted by molar-refractivity contribution is -0.124. The molecule has 1 aliphatic rings. The van der Waals surface area contributed by atoms with Crippen molar-refractivity contribution in [1.82, 2.24) is 4.90 Å². The van der Waals surface area contributed by atoms with Crippen molar-refractivity contribution in [3.8, 4) is 0 Å². The first-order valence-electron chi connectivity index (χ1n) is 7.31. The van der Waals surface area contributed by atoms with E-state index in [2.05, 4.69) is 24.8 Å². The van der Waals surface area contributed by atoms with Crippen molar-refractivity contribution in [3.63, 3.8) is 0 Å². The summed E-state index contributed by atoms with van der Waals surface area (Å²) >= 11 is 5.01. The molecule has 2 atom stereocenters. The monoisotopic (exact) mass is 305 g/mol. The summed E-state index contributed by atoms with van der Waals surface area (Å²) in [6.45, 7) is 5.84. The van der Waals surface area contributed by atoms with Gasteiger partial charge in [-0.05, 0) is 43.9 Å². The second kappa shape index (κ2) is 6.54. The Morgan fingerprint density at radius 3 is 2.67 bits per heavy atom. The second-order valence-corrected chi connectivity index (χ2v) is 6.40. The largest absolute Gasteiger partial charge is 0.389 e. The molecule has 4 N–H and O–H groups in total. The first-order valence-corrected chi connectivity index (χ1v) is 7.72. The van der Waals surface area contributed by atoms with E-state index >= 15 is 0 Å². The number of carbonyl (C=O) groups excluding carboxylic acids is 1. The van der Waals surface area contributed by atoms with Crippen molar-refractivity contribution in [2.75, 3.05) is 6.54 Å². The average Bonchev–Trinajstić information content (AvgIpc) is 2.42. The van der Waals surface area contributed by atoms with Crippen LogP contribution in [0.5, 0.6) is 0 Å². The van der Waals surface area contributed by atoms with Crippen LogP contribution in [0, 0.1) is 12.8 Å². The summed E-state index contributed by atoms with van der Waals surface area (Å²) in [6, 6.07) is 6.53. The highest BCUT2D eigenvalue weighted by molar-refractivity contribution is 7.80. The van der Waals surface area contributed by atoms with E-state index in [9.17, 15) is 4.79 Å². The summed E-state index contributed by atoms with van der Waals surface area (Å²) in [4.78, 5) is 14.2. The number of benzene rings is 1. The van der Waals surface area contributed by atoms with E-state index in [4.69, 9.17) is 23.7 Å². The Bertz CT molecular complexity index is 558. The van der Waals surface area contributed by atoms with Gasteiger partial charge in [0, 0.05) is 24.7 Å². The maximum Gasteiger partial charge on any atom is 0.221 e. The molecule has 1 fully saturated rings. The van der Waals surface area contributed by atoms with Gasteiger partial charge in [0.1, 0.15) is 4.99 Å². The summed E-state index contributed by atoms with van der Waals surface area (Å²) in [5, 5.41) is 0. The molecule has 0 radical (unpaired) electrons. The quantitative estimate of drug-likeness (QED) is 0.831. The summed E-state index contributed by atoms with van der Waals surface area (Å²) < 4.78 is 0. The predicted octanol–water partition coefficient (Wildman–Crippen LogP) is 1.72. The van der Waals surface area contributed by atoms with E-state index in [0.29, 0.717) is 11.0 Å². The van der Waals surface area contributed by atoms with Crippen LogP contribution in [-0.2, 0) is 11.3 Å². The Balaban J connectivity index is 2.12. The van der Waals surface area contributed by atoms with Crippen LogP contribution in [0.1, 0.15) is 36.5 Å². The third-order valence-corrected chi connectivity index (χ3v) is 4.65. The SMILES string of the molecule is Cc1cc(C(N)=S)ccc1CN1CC(C(N)=O)CCC1C. The number of nitrogens with zero attached hydrogens (tertiary/aromatic N) is 1. The zero-order valence-electron chi connectivity index (χ0n) is 12.6. The van der Waals surface area contributed by atoms with E-state index in [1.807, 2.05) is 12.1 Å². The maximum absolute atomic E-state index is 11.4. The summed E-state index contributed by atoms with van der Waals surface area (Å²) in [5.74, 6) is -0.218. The van der Waals surface area contributed by atoms with E-state index in [-0.39, 0.29) is 11.8 Å². The lowest BCUT2D eigenvalue weighted by atomic mass is 9.92. The molecular weight excluding hydrogens is 282 g/mol. The zero-order valence-corrected chi connectivity index (χ0v) is 13.5. The van der Waals surface area contributed by atoms with Gasteiger partial charge in [-0.3, -0.25) is 9.69 Å². The van der Waals surface area contributed by atoms with Gasteiger partial charge >= 0.3 is 0 Å². The van der Waals surface area contributed by atoms with Crippen LogP contribution in [0.15, 0.2) is 18.2 Å². The van der Waals surface area contributed by atoms with Crippen molar-refractivity contribution in [1.29, 1.82) is 0 Å². The zero-order chi connectivity index (χ0) is 15.6. The van der Waals surface area contributed by atoms with Gasteiger partial charge in [0.2, 0.25) is 5.91 Å².